The second kappa shape index (κ2) is 7.32. The summed E-state index contributed by atoms with van der Waals surface area (Å²) in [6, 6.07) is 2.83. The monoisotopic (exact) mass is 320 g/mol. The summed E-state index contributed by atoms with van der Waals surface area (Å²) in [7, 11) is -3.86. The van der Waals surface area contributed by atoms with E-state index in [1.165, 1.54) is 37.5 Å². The Morgan fingerprint density at radius 2 is 2.05 bits per heavy atom. The van der Waals surface area contributed by atoms with Gasteiger partial charge in [0.1, 0.15) is 10.7 Å². The predicted molar refractivity (Wildman–Crippen MR) is 83.5 cm³/mol. The van der Waals surface area contributed by atoms with Crippen LogP contribution in [-0.4, -0.2) is 25.1 Å². The fraction of sp³-hybridized carbons (Fsp3) is 0.0714. The molecule has 0 aromatic carbocycles. The molecule has 1 amide bonds. The van der Waals surface area contributed by atoms with E-state index < -0.39 is 15.9 Å². The maximum Gasteiger partial charge on any atom is 0.264 e. The van der Waals surface area contributed by atoms with Crippen molar-refractivity contribution in [2.75, 3.05) is 0 Å². The van der Waals surface area contributed by atoms with Gasteiger partial charge in [-0.05, 0) is 31.2 Å². The van der Waals surface area contributed by atoms with Crippen LogP contribution in [0.3, 0.4) is 0 Å². The Hall–Kier alpha value is -2.74. The second-order valence-electron chi connectivity index (χ2n) is 4.30. The van der Waals surface area contributed by atoms with Gasteiger partial charge in [0.05, 0.1) is 0 Å². The molecule has 7 nitrogen and oxygen atoms in total. The Morgan fingerprint density at radius 1 is 1.36 bits per heavy atom. The second-order valence-corrected chi connectivity index (χ2v) is 5.98. The molecule has 0 radical (unpaired) electrons. The van der Waals surface area contributed by atoms with Crippen molar-refractivity contribution in [3.05, 3.63) is 61.1 Å². The van der Waals surface area contributed by atoms with Crippen LogP contribution in [0.5, 0.6) is 0 Å². The summed E-state index contributed by atoms with van der Waals surface area (Å²) in [6.45, 7) is 8.57. The summed E-state index contributed by atoms with van der Waals surface area (Å²) >= 11 is 0. The normalized spacial score (nSPS) is 11.0. The third kappa shape index (κ3) is 5.33. The van der Waals surface area contributed by atoms with Gasteiger partial charge in [-0.15, -0.1) is 0 Å². The number of rotatable bonds is 6. The maximum atomic E-state index is 11.9. The van der Waals surface area contributed by atoms with Crippen LogP contribution in [0.2, 0.25) is 0 Å². The van der Waals surface area contributed by atoms with E-state index in [9.17, 15) is 13.2 Å². The van der Waals surface area contributed by atoms with Crippen molar-refractivity contribution in [3.8, 4) is 0 Å². The minimum atomic E-state index is -3.86. The summed E-state index contributed by atoms with van der Waals surface area (Å²) < 4.78 is 25.9. The van der Waals surface area contributed by atoms with Crippen LogP contribution < -0.4 is 10.0 Å². The van der Waals surface area contributed by atoms with E-state index in [0.29, 0.717) is 5.57 Å². The summed E-state index contributed by atoms with van der Waals surface area (Å²) in [5.74, 6) is -0.785. The van der Waals surface area contributed by atoms with E-state index in [1.54, 1.807) is 0 Å². The van der Waals surface area contributed by atoms with E-state index in [1.807, 2.05) is 0 Å². The largest absolute Gasteiger partial charge is 0.323 e. The highest BCUT2D eigenvalue weighted by molar-refractivity contribution is 7.90. The van der Waals surface area contributed by atoms with Gasteiger partial charge < -0.3 is 5.32 Å². The molecule has 1 aromatic rings. The number of hydrogen-bond acceptors (Lipinski definition) is 5. The minimum Gasteiger partial charge on any atom is -0.323 e. The van der Waals surface area contributed by atoms with Crippen LogP contribution in [0.4, 0.5) is 0 Å². The van der Waals surface area contributed by atoms with Gasteiger partial charge >= 0.3 is 0 Å². The highest BCUT2D eigenvalue weighted by Crippen LogP contribution is 2.05. The number of carbonyl (C=O) groups excluding carboxylic acids is 1. The molecule has 1 aromatic heterocycles. The Balaban J connectivity index is 2.67. The lowest BCUT2D eigenvalue weighted by Gasteiger charge is -2.06. The van der Waals surface area contributed by atoms with E-state index >= 15 is 0 Å². The summed E-state index contributed by atoms with van der Waals surface area (Å²) in [5.41, 5.74) is 0.514. The molecule has 0 unspecified atom stereocenters. The van der Waals surface area contributed by atoms with Crippen molar-refractivity contribution in [3.63, 3.8) is 0 Å². The number of aromatic nitrogens is 1. The lowest BCUT2D eigenvalue weighted by Crippen LogP contribution is -2.29. The average Bonchev–Trinajstić information content (AvgIpc) is 2.45. The minimum absolute atomic E-state index is 0.0532. The van der Waals surface area contributed by atoms with Crippen LogP contribution in [-0.2, 0) is 14.8 Å². The third-order valence-electron chi connectivity index (χ3n) is 2.30. The average molecular weight is 320 g/mol. The zero-order chi connectivity index (χ0) is 16.8. The molecular weight excluding hydrogens is 304 g/mol. The molecule has 1 heterocycles. The quantitative estimate of drug-likeness (QED) is 0.315. The van der Waals surface area contributed by atoms with E-state index in [2.05, 4.69) is 28.2 Å². The predicted octanol–water partition coefficient (Wildman–Crippen LogP) is 1.10. The van der Waals surface area contributed by atoms with Crippen molar-refractivity contribution in [2.24, 2.45) is 0 Å². The Labute approximate surface area is 129 Å². The van der Waals surface area contributed by atoms with Crippen molar-refractivity contribution in [2.45, 2.75) is 11.8 Å². The highest BCUT2D eigenvalue weighted by atomic mass is 32.2. The SMILES string of the molecule is C=C(/C=C\C(=N)NS(=O)(=O)c1cccnc1)NC(=O)C(=C)C. The molecule has 0 fully saturated rings. The third-order valence-corrected chi connectivity index (χ3v) is 3.65. The molecule has 0 saturated heterocycles. The summed E-state index contributed by atoms with van der Waals surface area (Å²) in [4.78, 5) is 15.0. The van der Waals surface area contributed by atoms with Crippen molar-refractivity contribution in [1.29, 1.82) is 5.41 Å². The van der Waals surface area contributed by atoms with Crippen LogP contribution in [0.25, 0.3) is 0 Å². The molecule has 22 heavy (non-hydrogen) atoms. The van der Waals surface area contributed by atoms with Gasteiger partial charge in [0.15, 0.2) is 0 Å². The van der Waals surface area contributed by atoms with Crippen LogP contribution in [0, 0.1) is 5.41 Å². The van der Waals surface area contributed by atoms with Crippen LogP contribution >= 0.6 is 0 Å². The van der Waals surface area contributed by atoms with Gasteiger partial charge in [-0.3, -0.25) is 19.9 Å². The van der Waals surface area contributed by atoms with E-state index in [-0.39, 0.29) is 16.4 Å². The van der Waals surface area contributed by atoms with Crippen LogP contribution in [0.15, 0.2) is 66.0 Å². The van der Waals surface area contributed by atoms with Crippen molar-refractivity contribution >= 4 is 21.8 Å². The number of hydrogen-bond donors (Lipinski definition) is 3. The fourth-order valence-electron chi connectivity index (χ4n) is 1.22. The van der Waals surface area contributed by atoms with Gasteiger partial charge in [0, 0.05) is 23.7 Å². The number of carbonyl (C=O) groups is 1. The molecule has 0 bridgehead atoms. The zero-order valence-electron chi connectivity index (χ0n) is 12.0. The first-order chi connectivity index (χ1) is 10.2. The lowest BCUT2D eigenvalue weighted by atomic mass is 10.3. The number of sulfonamides is 1. The topological polar surface area (TPSA) is 112 Å². The van der Waals surface area contributed by atoms with Gasteiger partial charge in [-0.25, -0.2) is 8.42 Å². The smallest absolute Gasteiger partial charge is 0.264 e. The van der Waals surface area contributed by atoms with Gasteiger partial charge in [-0.2, -0.15) is 0 Å². The molecular formula is C14H16N4O3S. The first kappa shape index (κ1) is 17.3. The molecule has 0 aliphatic carbocycles. The lowest BCUT2D eigenvalue weighted by molar-refractivity contribution is -0.116. The number of amidine groups is 1. The van der Waals surface area contributed by atoms with Crippen LogP contribution in [0.1, 0.15) is 6.92 Å². The molecule has 0 aliphatic rings. The first-order valence-electron chi connectivity index (χ1n) is 6.07. The molecule has 116 valence electrons. The number of amides is 1. The van der Waals surface area contributed by atoms with Gasteiger partial charge in [-0.1, -0.05) is 13.2 Å². The van der Waals surface area contributed by atoms with E-state index in [0.717, 1.165) is 6.08 Å². The number of pyridine rings is 1. The maximum absolute atomic E-state index is 11.9. The van der Waals surface area contributed by atoms with E-state index in [4.69, 9.17) is 5.41 Å². The standard InChI is InChI=1S/C14H16N4O3S/c1-10(2)14(19)17-11(3)6-7-13(15)18-22(20,21)12-5-4-8-16-9-12/h4-9H,1,3H2,2H3,(H2,15,18)(H,17,19)/b7-6-. The zero-order valence-corrected chi connectivity index (χ0v) is 12.8. The molecule has 8 heteroatoms. The molecule has 1 rings (SSSR count). The fourth-order valence-corrected chi connectivity index (χ4v) is 2.15. The molecule has 0 saturated carbocycles. The van der Waals surface area contributed by atoms with Gasteiger partial charge in [0.2, 0.25) is 0 Å². The number of nitrogens with one attached hydrogen (secondary N) is 3. The Bertz CT molecular complexity index is 737. The number of allylic oxidation sites excluding steroid dienone is 1. The summed E-state index contributed by atoms with van der Waals surface area (Å²) in [6.07, 6.45) is 5.08. The van der Waals surface area contributed by atoms with Gasteiger partial charge in [0.25, 0.3) is 15.9 Å². The molecule has 0 aliphatic heterocycles. The Kier molecular flexibility index (Phi) is 5.76. The molecule has 3 N–H and O–H groups in total. The van der Waals surface area contributed by atoms with Crippen molar-refractivity contribution in [1.82, 2.24) is 15.0 Å². The van der Waals surface area contributed by atoms with Crippen molar-refractivity contribution < 1.29 is 13.2 Å². The highest BCUT2D eigenvalue weighted by Gasteiger charge is 2.14. The Morgan fingerprint density at radius 3 is 2.59 bits per heavy atom. The first-order valence-corrected chi connectivity index (χ1v) is 7.56. The molecule has 0 spiro atoms. The summed E-state index contributed by atoms with van der Waals surface area (Å²) in [5, 5.41) is 10.0. The number of nitrogens with zero attached hydrogens (tertiary/aromatic N) is 1. The molecule has 0 atom stereocenters.